The van der Waals surface area contributed by atoms with E-state index >= 15 is 0 Å². The molecule has 1 aliphatic carbocycles. The summed E-state index contributed by atoms with van der Waals surface area (Å²) in [4.78, 5) is 28.4. The summed E-state index contributed by atoms with van der Waals surface area (Å²) in [5.41, 5.74) is -0.249. The van der Waals surface area contributed by atoms with Crippen LogP contribution in [0.1, 0.15) is 39.0 Å². The topological polar surface area (TPSA) is 61.9 Å². The normalized spacial score (nSPS) is 26.9. The number of likely N-dealkylation sites (N-methyl/N-ethyl adjacent to an activating group) is 1. The zero-order valence-electron chi connectivity index (χ0n) is 14.3. The van der Waals surface area contributed by atoms with E-state index in [1.165, 1.54) is 12.8 Å². The average molecular weight is 323 g/mol. The van der Waals surface area contributed by atoms with Gasteiger partial charge in [-0.1, -0.05) is 13.3 Å². The smallest absolute Gasteiger partial charge is 0.239 e. The molecule has 0 unspecified atom stereocenters. The Balaban J connectivity index is 1.56. The van der Waals surface area contributed by atoms with Gasteiger partial charge in [0, 0.05) is 26.6 Å². The van der Waals surface area contributed by atoms with Crippen molar-refractivity contribution in [3.05, 3.63) is 0 Å². The first kappa shape index (κ1) is 16.7. The molecule has 0 aromatic carbocycles. The van der Waals surface area contributed by atoms with E-state index in [1.807, 2.05) is 4.90 Å². The first-order chi connectivity index (χ1) is 11.1. The lowest BCUT2D eigenvalue weighted by Gasteiger charge is -2.55. The van der Waals surface area contributed by atoms with Gasteiger partial charge >= 0.3 is 0 Å². The van der Waals surface area contributed by atoms with Gasteiger partial charge in [0.2, 0.25) is 11.8 Å². The van der Waals surface area contributed by atoms with Crippen LogP contribution in [0, 0.1) is 5.92 Å². The minimum Gasteiger partial charge on any atom is -0.368 e. The number of hydrogen-bond donors (Lipinski definition) is 1. The second kappa shape index (κ2) is 6.77. The molecule has 0 radical (unpaired) electrons. The molecule has 2 aliphatic heterocycles. The number of carbonyl (C=O) groups excluding carboxylic acids is 2. The van der Waals surface area contributed by atoms with Crippen LogP contribution in [0.25, 0.3) is 0 Å². The van der Waals surface area contributed by atoms with E-state index in [-0.39, 0.29) is 23.5 Å². The lowest BCUT2D eigenvalue weighted by atomic mass is 9.89. The van der Waals surface area contributed by atoms with Crippen molar-refractivity contribution < 1.29 is 14.3 Å². The van der Waals surface area contributed by atoms with Gasteiger partial charge in [-0.05, 0) is 25.2 Å². The number of carbonyl (C=O) groups is 2. The molecule has 1 spiro atoms. The van der Waals surface area contributed by atoms with Crippen molar-refractivity contribution in [2.24, 2.45) is 5.92 Å². The van der Waals surface area contributed by atoms with Gasteiger partial charge in [0.15, 0.2) is 0 Å². The van der Waals surface area contributed by atoms with Gasteiger partial charge in [0.25, 0.3) is 0 Å². The maximum Gasteiger partial charge on any atom is 0.239 e. The van der Waals surface area contributed by atoms with Crippen molar-refractivity contribution in [3.8, 4) is 0 Å². The molecule has 2 heterocycles. The highest BCUT2D eigenvalue weighted by Gasteiger charge is 2.52. The van der Waals surface area contributed by atoms with E-state index in [4.69, 9.17) is 4.74 Å². The second-order valence-electron chi connectivity index (χ2n) is 7.35. The number of ether oxygens (including phenoxy) is 1. The van der Waals surface area contributed by atoms with E-state index in [0.717, 1.165) is 31.8 Å². The van der Waals surface area contributed by atoms with E-state index in [2.05, 4.69) is 17.1 Å². The lowest BCUT2D eigenvalue weighted by molar-refractivity contribution is -0.204. The van der Waals surface area contributed by atoms with E-state index < -0.39 is 0 Å². The standard InChI is InChI=1S/C17H29N3O3/c1-3-4-5-15(21)20-11-17(12-20)10-19(8-13-6-7-13)14(9-23-17)16(22)18-2/h13-14H,3-12H2,1-2H3,(H,18,22)/t14-/m0/s1. The lowest BCUT2D eigenvalue weighted by Crippen LogP contribution is -2.73. The van der Waals surface area contributed by atoms with Crippen molar-refractivity contribution in [3.63, 3.8) is 0 Å². The van der Waals surface area contributed by atoms with Crippen LogP contribution < -0.4 is 5.32 Å². The summed E-state index contributed by atoms with van der Waals surface area (Å²) in [6.45, 7) is 5.63. The fraction of sp³-hybridized carbons (Fsp3) is 0.882. The van der Waals surface area contributed by atoms with Crippen LogP contribution >= 0.6 is 0 Å². The molecule has 3 rings (SSSR count). The molecule has 6 heteroatoms. The predicted molar refractivity (Wildman–Crippen MR) is 86.9 cm³/mol. The number of nitrogens with zero attached hydrogens (tertiary/aromatic N) is 2. The quantitative estimate of drug-likeness (QED) is 0.778. The molecule has 1 atom stereocenters. The van der Waals surface area contributed by atoms with Gasteiger partial charge in [-0.3, -0.25) is 14.5 Å². The minimum absolute atomic E-state index is 0.0377. The molecule has 1 saturated carbocycles. The fourth-order valence-electron chi connectivity index (χ4n) is 3.62. The Hall–Kier alpha value is -1.14. The first-order valence-corrected chi connectivity index (χ1v) is 8.94. The molecule has 1 N–H and O–H groups in total. The van der Waals surface area contributed by atoms with E-state index in [1.54, 1.807) is 7.05 Å². The second-order valence-corrected chi connectivity index (χ2v) is 7.35. The first-order valence-electron chi connectivity index (χ1n) is 8.94. The van der Waals surface area contributed by atoms with Gasteiger partial charge in [-0.15, -0.1) is 0 Å². The Morgan fingerprint density at radius 1 is 1.26 bits per heavy atom. The summed E-state index contributed by atoms with van der Waals surface area (Å²) in [5.74, 6) is 1.01. The largest absolute Gasteiger partial charge is 0.368 e. The summed E-state index contributed by atoms with van der Waals surface area (Å²) in [7, 11) is 1.68. The third kappa shape index (κ3) is 3.69. The Morgan fingerprint density at radius 3 is 2.61 bits per heavy atom. The maximum atomic E-state index is 12.1. The molecule has 6 nitrogen and oxygen atoms in total. The molecule has 0 aromatic rings. The molecule has 3 fully saturated rings. The van der Waals surface area contributed by atoms with Gasteiger partial charge in [-0.25, -0.2) is 0 Å². The average Bonchev–Trinajstić information content (AvgIpc) is 3.33. The zero-order chi connectivity index (χ0) is 16.4. The van der Waals surface area contributed by atoms with Crippen LogP contribution in [0.4, 0.5) is 0 Å². The molecule has 0 bridgehead atoms. The zero-order valence-corrected chi connectivity index (χ0v) is 14.3. The molecular formula is C17H29N3O3. The van der Waals surface area contributed by atoms with Gasteiger partial charge in [0.05, 0.1) is 19.7 Å². The molecule has 3 aliphatic rings. The fourth-order valence-corrected chi connectivity index (χ4v) is 3.62. The van der Waals surface area contributed by atoms with Crippen LogP contribution in [-0.4, -0.2) is 73.1 Å². The predicted octanol–water partition coefficient (Wildman–Crippen LogP) is 0.614. The monoisotopic (exact) mass is 323 g/mol. The summed E-state index contributed by atoms with van der Waals surface area (Å²) >= 11 is 0. The molecule has 2 amide bonds. The van der Waals surface area contributed by atoms with Crippen molar-refractivity contribution in [1.29, 1.82) is 0 Å². The van der Waals surface area contributed by atoms with Crippen molar-refractivity contribution in [1.82, 2.24) is 15.1 Å². The Bertz CT molecular complexity index is 458. The van der Waals surface area contributed by atoms with Crippen LogP contribution in [0.5, 0.6) is 0 Å². The highest BCUT2D eigenvalue weighted by Crippen LogP contribution is 2.35. The Morgan fingerprint density at radius 2 is 2.00 bits per heavy atom. The SMILES string of the molecule is CCCCC(=O)N1CC2(C1)CN(CC1CC1)[C@H](C(=O)NC)CO2. The summed E-state index contributed by atoms with van der Waals surface area (Å²) in [5, 5.41) is 2.75. The number of hydrogen-bond acceptors (Lipinski definition) is 4. The Labute approximate surface area is 138 Å². The van der Waals surface area contributed by atoms with E-state index in [9.17, 15) is 9.59 Å². The van der Waals surface area contributed by atoms with Gasteiger partial charge in [0.1, 0.15) is 11.6 Å². The number of likely N-dealkylation sites (tertiary alicyclic amines) is 1. The third-order valence-corrected chi connectivity index (χ3v) is 5.27. The van der Waals surface area contributed by atoms with Crippen molar-refractivity contribution in [2.75, 3.05) is 39.8 Å². The molecule has 2 saturated heterocycles. The third-order valence-electron chi connectivity index (χ3n) is 5.27. The number of unbranched alkanes of at least 4 members (excludes halogenated alkanes) is 1. The van der Waals surface area contributed by atoms with E-state index in [0.29, 0.717) is 26.1 Å². The van der Waals surface area contributed by atoms with Crippen LogP contribution in [0.15, 0.2) is 0 Å². The number of rotatable bonds is 6. The summed E-state index contributed by atoms with van der Waals surface area (Å²) in [6, 6.07) is -0.184. The molecular weight excluding hydrogens is 294 g/mol. The highest BCUT2D eigenvalue weighted by atomic mass is 16.5. The van der Waals surface area contributed by atoms with Crippen LogP contribution in [0.2, 0.25) is 0 Å². The minimum atomic E-state index is -0.249. The summed E-state index contributed by atoms with van der Waals surface area (Å²) in [6.07, 6.45) is 5.18. The number of nitrogens with one attached hydrogen (secondary N) is 1. The van der Waals surface area contributed by atoms with Gasteiger partial charge < -0.3 is 15.0 Å². The van der Waals surface area contributed by atoms with Crippen molar-refractivity contribution >= 4 is 11.8 Å². The van der Waals surface area contributed by atoms with Crippen LogP contribution in [-0.2, 0) is 14.3 Å². The van der Waals surface area contributed by atoms with Crippen LogP contribution in [0.3, 0.4) is 0 Å². The number of amides is 2. The maximum absolute atomic E-state index is 12.1. The molecule has 23 heavy (non-hydrogen) atoms. The van der Waals surface area contributed by atoms with Gasteiger partial charge in [-0.2, -0.15) is 0 Å². The molecule has 0 aromatic heterocycles. The molecule has 130 valence electrons. The number of morpholine rings is 1. The Kier molecular flexibility index (Phi) is 4.92. The summed E-state index contributed by atoms with van der Waals surface area (Å²) < 4.78 is 6.06. The highest BCUT2D eigenvalue weighted by molar-refractivity contribution is 5.82. The van der Waals surface area contributed by atoms with Crippen molar-refractivity contribution in [2.45, 2.75) is 50.7 Å².